The van der Waals surface area contributed by atoms with Gasteiger partial charge in [-0.1, -0.05) is 0 Å². The van der Waals surface area contributed by atoms with Gasteiger partial charge in [-0.05, 0) is 37.4 Å². The number of amides is 2. The molecule has 1 saturated heterocycles. The van der Waals surface area contributed by atoms with Crippen molar-refractivity contribution in [1.82, 2.24) is 10.2 Å². The number of primary amides is 1. The van der Waals surface area contributed by atoms with Crippen molar-refractivity contribution in [2.45, 2.75) is 18.9 Å². The molecule has 98 valence electrons. The summed E-state index contributed by atoms with van der Waals surface area (Å²) in [4.78, 5) is 25.1. The topological polar surface area (TPSA) is 75.4 Å². The molecule has 2 heterocycles. The van der Waals surface area contributed by atoms with Gasteiger partial charge >= 0.3 is 0 Å². The monoisotopic (exact) mass is 267 g/mol. The molecule has 2 rings (SSSR count). The molecule has 0 saturated carbocycles. The highest BCUT2D eigenvalue weighted by molar-refractivity contribution is 7.08. The SMILES string of the molecule is NC(=O)CN(C(=O)c1ccsc1)C1CCNCC1. The average molecular weight is 267 g/mol. The van der Waals surface area contributed by atoms with Crippen LogP contribution in [-0.4, -0.2) is 42.4 Å². The molecular weight excluding hydrogens is 250 g/mol. The molecule has 1 aliphatic rings. The van der Waals surface area contributed by atoms with Crippen molar-refractivity contribution in [1.29, 1.82) is 0 Å². The quantitative estimate of drug-likeness (QED) is 0.830. The number of carbonyl (C=O) groups is 2. The van der Waals surface area contributed by atoms with Crippen molar-refractivity contribution in [3.8, 4) is 0 Å². The number of thiophene rings is 1. The van der Waals surface area contributed by atoms with Crippen LogP contribution in [0.15, 0.2) is 16.8 Å². The summed E-state index contributed by atoms with van der Waals surface area (Å²) in [7, 11) is 0. The number of nitrogens with zero attached hydrogens (tertiary/aromatic N) is 1. The molecule has 0 atom stereocenters. The maximum absolute atomic E-state index is 12.3. The van der Waals surface area contributed by atoms with Gasteiger partial charge in [-0.15, -0.1) is 0 Å². The second-order valence-corrected chi connectivity index (χ2v) is 5.17. The van der Waals surface area contributed by atoms with Crippen LogP contribution in [-0.2, 0) is 4.79 Å². The molecule has 18 heavy (non-hydrogen) atoms. The van der Waals surface area contributed by atoms with E-state index in [2.05, 4.69) is 5.32 Å². The van der Waals surface area contributed by atoms with Crippen LogP contribution in [0.1, 0.15) is 23.2 Å². The lowest BCUT2D eigenvalue weighted by molar-refractivity contribution is -0.119. The van der Waals surface area contributed by atoms with Gasteiger partial charge in [0.15, 0.2) is 0 Å². The van der Waals surface area contributed by atoms with Gasteiger partial charge in [0.1, 0.15) is 0 Å². The maximum Gasteiger partial charge on any atom is 0.255 e. The van der Waals surface area contributed by atoms with E-state index in [0.29, 0.717) is 5.56 Å². The minimum Gasteiger partial charge on any atom is -0.368 e. The number of piperidine rings is 1. The molecule has 6 heteroatoms. The second kappa shape index (κ2) is 5.97. The molecule has 0 radical (unpaired) electrons. The Morgan fingerprint density at radius 3 is 2.72 bits per heavy atom. The summed E-state index contributed by atoms with van der Waals surface area (Å²) in [6.45, 7) is 1.74. The van der Waals surface area contributed by atoms with Gasteiger partial charge in [0.05, 0.1) is 12.1 Å². The zero-order valence-corrected chi connectivity index (χ0v) is 10.9. The minimum atomic E-state index is -0.461. The largest absolute Gasteiger partial charge is 0.368 e. The van der Waals surface area contributed by atoms with E-state index in [4.69, 9.17) is 5.73 Å². The molecule has 0 aromatic carbocycles. The normalized spacial score (nSPS) is 16.4. The molecule has 2 amide bonds. The standard InChI is InChI=1S/C12H17N3O2S/c13-11(16)7-15(10-1-4-14-5-2-10)12(17)9-3-6-18-8-9/h3,6,8,10,14H,1-2,4-5,7H2,(H2,13,16). The fourth-order valence-corrected chi connectivity index (χ4v) is 2.83. The molecule has 1 aliphatic heterocycles. The van der Waals surface area contributed by atoms with Gasteiger partial charge in [0.25, 0.3) is 5.91 Å². The lowest BCUT2D eigenvalue weighted by Crippen LogP contribution is -2.49. The van der Waals surface area contributed by atoms with Crippen LogP contribution in [0.3, 0.4) is 0 Å². The zero-order valence-electron chi connectivity index (χ0n) is 10.1. The third kappa shape index (κ3) is 3.08. The van der Waals surface area contributed by atoms with Crippen LogP contribution >= 0.6 is 11.3 Å². The van der Waals surface area contributed by atoms with E-state index in [1.54, 1.807) is 16.3 Å². The highest BCUT2D eigenvalue weighted by Gasteiger charge is 2.27. The van der Waals surface area contributed by atoms with Gasteiger partial charge in [0, 0.05) is 11.4 Å². The Labute approximate surface area is 110 Å². The first-order valence-electron chi connectivity index (χ1n) is 6.00. The van der Waals surface area contributed by atoms with Crippen molar-refractivity contribution < 1.29 is 9.59 Å². The summed E-state index contributed by atoms with van der Waals surface area (Å²) in [6.07, 6.45) is 1.73. The number of carbonyl (C=O) groups excluding carboxylic acids is 2. The fourth-order valence-electron chi connectivity index (χ4n) is 2.20. The van der Waals surface area contributed by atoms with E-state index in [1.165, 1.54) is 11.3 Å². The highest BCUT2D eigenvalue weighted by Crippen LogP contribution is 2.17. The lowest BCUT2D eigenvalue weighted by Gasteiger charge is -2.33. The Bertz CT molecular complexity index is 413. The minimum absolute atomic E-state index is 0.000648. The van der Waals surface area contributed by atoms with E-state index in [1.807, 2.05) is 5.38 Å². The van der Waals surface area contributed by atoms with E-state index in [9.17, 15) is 9.59 Å². The fraction of sp³-hybridized carbons (Fsp3) is 0.500. The molecule has 0 spiro atoms. The average Bonchev–Trinajstić information content (AvgIpc) is 2.90. The summed E-state index contributed by atoms with van der Waals surface area (Å²) in [5.41, 5.74) is 5.88. The van der Waals surface area contributed by atoms with Gasteiger partial charge in [-0.25, -0.2) is 0 Å². The van der Waals surface area contributed by atoms with Gasteiger partial charge in [-0.3, -0.25) is 9.59 Å². The number of hydrogen-bond acceptors (Lipinski definition) is 4. The Morgan fingerprint density at radius 2 is 2.17 bits per heavy atom. The lowest BCUT2D eigenvalue weighted by atomic mass is 10.0. The number of hydrogen-bond donors (Lipinski definition) is 2. The van der Waals surface area contributed by atoms with Crippen LogP contribution in [0.4, 0.5) is 0 Å². The van der Waals surface area contributed by atoms with Crippen molar-refractivity contribution in [2.24, 2.45) is 5.73 Å². The predicted octanol–water partition coefficient (Wildman–Crippen LogP) is 0.428. The summed E-state index contributed by atoms with van der Waals surface area (Å²) < 4.78 is 0. The number of nitrogens with one attached hydrogen (secondary N) is 1. The smallest absolute Gasteiger partial charge is 0.255 e. The zero-order chi connectivity index (χ0) is 13.0. The maximum atomic E-state index is 12.3. The third-order valence-electron chi connectivity index (χ3n) is 3.10. The van der Waals surface area contributed by atoms with Crippen molar-refractivity contribution >= 4 is 23.2 Å². The van der Waals surface area contributed by atoms with Crippen LogP contribution in [0, 0.1) is 0 Å². The Kier molecular flexibility index (Phi) is 4.33. The van der Waals surface area contributed by atoms with E-state index < -0.39 is 5.91 Å². The van der Waals surface area contributed by atoms with E-state index in [0.717, 1.165) is 25.9 Å². The molecule has 1 fully saturated rings. The van der Waals surface area contributed by atoms with Crippen LogP contribution in [0.5, 0.6) is 0 Å². The Morgan fingerprint density at radius 1 is 1.44 bits per heavy atom. The van der Waals surface area contributed by atoms with Crippen molar-refractivity contribution in [3.63, 3.8) is 0 Å². The molecule has 0 bridgehead atoms. The molecule has 0 unspecified atom stereocenters. The summed E-state index contributed by atoms with van der Waals surface area (Å²) in [5.74, 6) is -0.556. The summed E-state index contributed by atoms with van der Waals surface area (Å²) in [6, 6.07) is 1.88. The Hall–Kier alpha value is -1.40. The van der Waals surface area contributed by atoms with Gasteiger partial charge in [0.2, 0.25) is 5.91 Å². The molecule has 1 aromatic heterocycles. The van der Waals surface area contributed by atoms with Crippen LogP contribution < -0.4 is 11.1 Å². The summed E-state index contributed by atoms with van der Waals surface area (Å²) >= 11 is 1.47. The molecule has 3 N–H and O–H groups in total. The molecule has 1 aromatic rings. The Balaban J connectivity index is 2.13. The molecule has 0 aliphatic carbocycles. The second-order valence-electron chi connectivity index (χ2n) is 4.39. The van der Waals surface area contributed by atoms with Gasteiger partial charge in [-0.2, -0.15) is 11.3 Å². The van der Waals surface area contributed by atoms with E-state index >= 15 is 0 Å². The number of nitrogens with two attached hydrogens (primary N) is 1. The molecular formula is C12H17N3O2S. The molecule has 5 nitrogen and oxygen atoms in total. The highest BCUT2D eigenvalue weighted by atomic mass is 32.1. The predicted molar refractivity (Wildman–Crippen MR) is 70.4 cm³/mol. The van der Waals surface area contributed by atoms with Crippen molar-refractivity contribution in [3.05, 3.63) is 22.4 Å². The first-order chi connectivity index (χ1) is 8.68. The van der Waals surface area contributed by atoms with E-state index in [-0.39, 0.29) is 18.5 Å². The number of rotatable bonds is 4. The van der Waals surface area contributed by atoms with Crippen LogP contribution in [0.2, 0.25) is 0 Å². The van der Waals surface area contributed by atoms with Crippen molar-refractivity contribution in [2.75, 3.05) is 19.6 Å². The van der Waals surface area contributed by atoms with Gasteiger partial charge < -0.3 is 16.0 Å². The summed E-state index contributed by atoms with van der Waals surface area (Å²) in [5, 5.41) is 6.91. The first kappa shape index (κ1) is 13.0. The van der Waals surface area contributed by atoms with Crippen LogP contribution in [0.25, 0.3) is 0 Å². The third-order valence-corrected chi connectivity index (χ3v) is 3.79. The first-order valence-corrected chi connectivity index (χ1v) is 6.95.